The number of nitrogens with two attached hydrogens (primary N) is 1. The summed E-state index contributed by atoms with van der Waals surface area (Å²) in [6, 6.07) is 13.4. The molecule has 0 radical (unpaired) electrons. The Hall–Kier alpha value is -1.41. The Balaban J connectivity index is 2.11. The molecule has 0 aliphatic carbocycles. The predicted molar refractivity (Wildman–Crippen MR) is 85.1 cm³/mol. The van der Waals surface area contributed by atoms with E-state index in [1.807, 2.05) is 6.07 Å². The van der Waals surface area contributed by atoms with Gasteiger partial charge in [0.25, 0.3) is 0 Å². The molecule has 0 saturated carbocycles. The van der Waals surface area contributed by atoms with E-state index in [1.165, 1.54) is 12.1 Å². The summed E-state index contributed by atoms with van der Waals surface area (Å²) in [5.41, 5.74) is 6.50. The quantitative estimate of drug-likeness (QED) is 0.702. The molecule has 2 rings (SSSR count). The summed E-state index contributed by atoms with van der Waals surface area (Å²) >= 11 is 3.22. The van der Waals surface area contributed by atoms with E-state index in [0.717, 1.165) is 0 Å². The highest BCUT2D eigenvalue weighted by atomic mass is 79.9. The molecule has 1 unspecified atom stereocenters. The van der Waals surface area contributed by atoms with Gasteiger partial charge >= 0.3 is 0 Å². The SMILES string of the molecule is Nc1cc(Br)ccc1S(=O)(=O)NCC(O)c1ccccc1. The Labute approximate surface area is 132 Å². The van der Waals surface area contributed by atoms with Crippen LogP contribution in [-0.2, 0) is 10.0 Å². The van der Waals surface area contributed by atoms with Crippen molar-refractivity contribution in [1.82, 2.24) is 4.72 Å². The molecular weight excluding hydrogens is 356 g/mol. The number of halogens is 1. The number of anilines is 1. The van der Waals surface area contributed by atoms with E-state index in [9.17, 15) is 13.5 Å². The minimum atomic E-state index is -3.77. The summed E-state index contributed by atoms with van der Waals surface area (Å²) in [6.07, 6.45) is -0.919. The van der Waals surface area contributed by atoms with Crippen LogP contribution in [0.4, 0.5) is 5.69 Å². The number of rotatable bonds is 5. The number of nitrogen functional groups attached to an aromatic ring is 1. The number of hydrogen-bond donors (Lipinski definition) is 3. The summed E-state index contributed by atoms with van der Waals surface area (Å²) in [5.74, 6) is 0. The lowest BCUT2D eigenvalue weighted by Gasteiger charge is -2.13. The molecule has 0 aromatic heterocycles. The molecule has 0 spiro atoms. The van der Waals surface area contributed by atoms with Crippen LogP contribution in [0.3, 0.4) is 0 Å². The number of sulfonamides is 1. The van der Waals surface area contributed by atoms with Gasteiger partial charge in [-0.2, -0.15) is 0 Å². The largest absolute Gasteiger partial charge is 0.398 e. The van der Waals surface area contributed by atoms with Gasteiger partial charge in [-0.3, -0.25) is 0 Å². The van der Waals surface area contributed by atoms with Crippen molar-refractivity contribution in [1.29, 1.82) is 0 Å². The molecule has 2 aromatic rings. The van der Waals surface area contributed by atoms with Crippen molar-refractivity contribution >= 4 is 31.6 Å². The van der Waals surface area contributed by atoms with Crippen LogP contribution >= 0.6 is 15.9 Å². The molecule has 0 amide bonds. The Morgan fingerprint density at radius 2 is 1.86 bits per heavy atom. The van der Waals surface area contributed by atoms with E-state index in [4.69, 9.17) is 5.73 Å². The minimum Gasteiger partial charge on any atom is -0.398 e. The first-order valence-electron chi connectivity index (χ1n) is 6.18. The number of nitrogens with one attached hydrogen (secondary N) is 1. The molecule has 7 heteroatoms. The van der Waals surface area contributed by atoms with Crippen LogP contribution in [0.1, 0.15) is 11.7 Å². The molecule has 21 heavy (non-hydrogen) atoms. The summed E-state index contributed by atoms with van der Waals surface area (Å²) in [4.78, 5) is -0.00837. The number of aliphatic hydroxyl groups excluding tert-OH is 1. The minimum absolute atomic E-state index is 0.00837. The van der Waals surface area contributed by atoms with Gasteiger partial charge in [-0.15, -0.1) is 0 Å². The van der Waals surface area contributed by atoms with E-state index < -0.39 is 16.1 Å². The molecule has 2 aromatic carbocycles. The fourth-order valence-electron chi connectivity index (χ4n) is 1.82. The lowest BCUT2D eigenvalue weighted by Crippen LogP contribution is -2.29. The molecule has 0 saturated heterocycles. The van der Waals surface area contributed by atoms with Crippen molar-refractivity contribution in [2.45, 2.75) is 11.0 Å². The molecule has 4 N–H and O–H groups in total. The van der Waals surface area contributed by atoms with E-state index >= 15 is 0 Å². The van der Waals surface area contributed by atoms with Gasteiger partial charge in [0.1, 0.15) is 4.90 Å². The zero-order valence-electron chi connectivity index (χ0n) is 11.0. The van der Waals surface area contributed by atoms with Crippen LogP contribution in [-0.4, -0.2) is 20.1 Å². The monoisotopic (exact) mass is 370 g/mol. The zero-order chi connectivity index (χ0) is 15.5. The Morgan fingerprint density at radius 1 is 1.19 bits per heavy atom. The van der Waals surface area contributed by atoms with Crippen molar-refractivity contribution in [2.75, 3.05) is 12.3 Å². The van der Waals surface area contributed by atoms with Crippen LogP contribution in [0, 0.1) is 0 Å². The highest BCUT2D eigenvalue weighted by Gasteiger charge is 2.19. The van der Waals surface area contributed by atoms with E-state index in [0.29, 0.717) is 10.0 Å². The van der Waals surface area contributed by atoms with Crippen molar-refractivity contribution in [3.63, 3.8) is 0 Å². The fourth-order valence-corrected chi connectivity index (χ4v) is 3.35. The highest BCUT2D eigenvalue weighted by molar-refractivity contribution is 9.10. The van der Waals surface area contributed by atoms with Crippen LogP contribution in [0.5, 0.6) is 0 Å². The summed E-state index contributed by atoms with van der Waals surface area (Å²) in [6.45, 7) is -0.123. The van der Waals surface area contributed by atoms with Crippen molar-refractivity contribution in [3.05, 3.63) is 58.6 Å². The van der Waals surface area contributed by atoms with Gasteiger partial charge in [-0.05, 0) is 23.8 Å². The number of aliphatic hydroxyl groups is 1. The van der Waals surface area contributed by atoms with Gasteiger partial charge in [0.05, 0.1) is 11.8 Å². The first kappa shape index (κ1) is 16.0. The van der Waals surface area contributed by atoms with Crippen molar-refractivity contribution in [3.8, 4) is 0 Å². The topological polar surface area (TPSA) is 92.4 Å². The zero-order valence-corrected chi connectivity index (χ0v) is 13.4. The second kappa shape index (κ2) is 6.57. The first-order chi connectivity index (χ1) is 9.90. The van der Waals surface area contributed by atoms with Gasteiger partial charge in [-0.1, -0.05) is 46.3 Å². The standard InChI is InChI=1S/C14H15BrN2O3S/c15-11-6-7-14(12(16)8-11)21(19,20)17-9-13(18)10-4-2-1-3-5-10/h1-8,13,17-18H,9,16H2. The summed E-state index contributed by atoms with van der Waals surface area (Å²) in [5, 5.41) is 9.98. The molecule has 5 nitrogen and oxygen atoms in total. The molecule has 0 heterocycles. The van der Waals surface area contributed by atoms with Gasteiger partial charge < -0.3 is 10.8 Å². The second-order valence-electron chi connectivity index (χ2n) is 4.46. The second-order valence-corrected chi connectivity index (χ2v) is 7.11. The third-order valence-electron chi connectivity index (χ3n) is 2.91. The van der Waals surface area contributed by atoms with Gasteiger partial charge in [0.15, 0.2) is 0 Å². The van der Waals surface area contributed by atoms with Crippen LogP contribution < -0.4 is 10.5 Å². The molecule has 0 bridgehead atoms. The Morgan fingerprint density at radius 3 is 2.48 bits per heavy atom. The Bertz CT molecular complexity index is 720. The predicted octanol–water partition coefficient (Wildman–Crippen LogP) is 2.04. The third-order valence-corrected chi connectivity index (χ3v) is 4.90. The summed E-state index contributed by atoms with van der Waals surface area (Å²) < 4.78 is 27.4. The smallest absolute Gasteiger partial charge is 0.242 e. The normalized spacial score (nSPS) is 13.0. The third kappa shape index (κ3) is 4.04. The lowest BCUT2D eigenvalue weighted by molar-refractivity contribution is 0.182. The number of benzene rings is 2. The molecule has 0 aliphatic heterocycles. The average Bonchev–Trinajstić information content (AvgIpc) is 2.45. The lowest BCUT2D eigenvalue weighted by atomic mass is 10.1. The molecule has 0 aliphatic rings. The number of hydrogen-bond acceptors (Lipinski definition) is 4. The maximum atomic E-state index is 12.2. The molecular formula is C14H15BrN2O3S. The molecule has 0 fully saturated rings. The fraction of sp³-hybridized carbons (Fsp3) is 0.143. The van der Waals surface area contributed by atoms with Crippen LogP contribution in [0.15, 0.2) is 57.9 Å². The van der Waals surface area contributed by atoms with Crippen molar-refractivity contribution < 1.29 is 13.5 Å². The van der Waals surface area contributed by atoms with Crippen LogP contribution in [0.25, 0.3) is 0 Å². The maximum Gasteiger partial charge on any atom is 0.242 e. The average molecular weight is 371 g/mol. The first-order valence-corrected chi connectivity index (χ1v) is 8.45. The van der Waals surface area contributed by atoms with Gasteiger partial charge in [0, 0.05) is 11.0 Å². The van der Waals surface area contributed by atoms with E-state index in [1.54, 1.807) is 30.3 Å². The van der Waals surface area contributed by atoms with Gasteiger partial charge in [-0.25, -0.2) is 13.1 Å². The molecule has 112 valence electrons. The van der Waals surface area contributed by atoms with Crippen molar-refractivity contribution in [2.24, 2.45) is 0 Å². The maximum absolute atomic E-state index is 12.2. The molecule has 1 atom stereocenters. The van der Waals surface area contributed by atoms with Gasteiger partial charge in [0.2, 0.25) is 10.0 Å². The van der Waals surface area contributed by atoms with E-state index in [2.05, 4.69) is 20.7 Å². The summed E-state index contributed by atoms with van der Waals surface area (Å²) in [7, 11) is -3.77. The van der Waals surface area contributed by atoms with Crippen LogP contribution in [0.2, 0.25) is 0 Å². The van der Waals surface area contributed by atoms with E-state index in [-0.39, 0.29) is 17.1 Å². The Kier molecular flexibility index (Phi) is 5.00. The highest BCUT2D eigenvalue weighted by Crippen LogP contribution is 2.23.